The van der Waals surface area contributed by atoms with E-state index in [0.29, 0.717) is 12.0 Å². The number of halogens is 1. The molecule has 144 valence electrons. The van der Waals surface area contributed by atoms with Crippen LogP contribution in [-0.4, -0.2) is 49.5 Å². The molecule has 2 N–H and O–H groups in total. The van der Waals surface area contributed by atoms with Crippen molar-refractivity contribution in [2.24, 2.45) is 10.4 Å². The molecule has 0 bridgehead atoms. The normalized spacial score (nSPS) is 18.2. The summed E-state index contributed by atoms with van der Waals surface area (Å²) >= 11 is 0. The molecule has 1 aromatic carbocycles. The number of hydrogen-bond donors (Lipinski definition) is 2. The summed E-state index contributed by atoms with van der Waals surface area (Å²) in [5.74, 6) is 0.883. The van der Waals surface area contributed by atoms with Crippen LogP contribution in [0.25, 0.3) is 0 Å². The van der Waals surface area contributed by atoms with Crippen LogP contribution in [0.5, 0.6) is 0 Å². The Morgan fingerprint density at radius 2 is 1.96 bits per heavy atom. The van der Waals surface area contributed by atoms with Crippen molar-refractivity contribution < 1.29 is 4.79 Å². The Balaban J connectivity index is 0.00000243. The maximum atomic E-state index is 12.1. The molecular weight excluding hydrogens is 439 g/mol. The van der Waals surface area contributed by atoms with Gasteiger partial charge in [0.05, 0.1) is 0 Å². The molecule has 5 nitrogen and oxygen atoms in total. The van der Waals surface area contributed by atoms with E-state index in [1.807, 2.05) is 18.2 Å². The second kappa shape index (κ2) is 10.1. The topological polar surface area (TPSA) is 56.7 Å². The van der Waals surface area contributed by atoms with E-state index in [9.17, 15) is 4.79 Å². The predicted molar refractivity (Wildman–Crippen MR) is 117 cm³/mol. The highest BCUT2D eigenvalue weighted by Crippen LogP contribution is 2.47. The Hall–Kier alpha value is -1.31. The van der Waals surface area contributed by atoms with Crippen molar-refractivity contribution in [3.05, 3.63) is 35.9 Å². The fraction of sp³-hybridized carbons (Fsp3) is 0.600. The van der Waals surface area contributed by atoms with Gasteiger partial charge in [0.1, 0.15) is 6.54 Å². The zero-order chi connectivity index (χ0) is 17.5. The molecule has 0 aromatic heterocycles. The van der Waals surface area contributed by atoms with Crippen LogP contribution >= 0.6 is 24.0 Å². The molecule has 2 aliphatic rings. The average Bonchev–Trinajstić information content (AvgIpc) is 3.05. The summed E-state index contributed by atoms with van der Waals surface area (Å²) in [5.41, 5.74) is 1.77. The van der Waals surface area contributed by atoms with Crippen molar-refractivity contribution >= 4 is 35.8 Å². The smallest absolute Gasteiger partial charge is 0.241 e. The maximum absolute atomic E-state index is 12.1. The minimum absolute atomic E-state index is 0. The van der Waals surface area contributed by atoms with Gasteiger partial charge in [0.15, 0.2) is 5.96 Å². The summed E-state index contributed by atoms with van der Waals surface area (Å²) in [6.45, 7) is 5.90. The summed E-state index contributed by atoms with van der Waals surface area (Å²) in [5, 5.41) is 6.31. The lowest BCUT2D eigenvalue weighted by atomic mass is 9.68. The lowest BCUT2D eigenvalue weighted by Gasteiger charge is -2.38. The molecule has 0 unspecified atom stereocenters. The largest absolute Gasteiger partial charge is 0.357 e. The van der Waals surface area contributed by atoms with Crippen LogP contribution in [0.4, 0.5) is 0 Å². The van der Waals surface area contributed by atoms with Crippen molar-refractivity contribution in [3.8, 4) is 0 Å². The summed E-state index contributed by atoms with van der Waals surface area (Å²) in [7, 11) is 0. The number of carbonyl (C=O) groups is 1. The van der Waals surface area contributed by atoms with Gasteiger partial charge in [-0.05, 0) is 43.6 Å². The molecule has 3 rings (SSSR count). The second-order valence-corrected chi connectivity index (χ2v) is 7.28. The zero-order valence-electron chi connectivity index (χ0n) is 15.7. The van der Waals surface area contributed by atoms with Crippen molar-refractivity contribution in [2.45, 2.75) is 39.0 Å². The predicted octanol–water partition coefficient (Wildman–Crippen LogP) is 2.80. The zero-order valence-corrected chi connectivity index (χ0v) is 18.0. The second-order valence-electron chi connectivity index (χ2n) is 7.28. The van der Waals surface area contributed by atoms with E-state index in [1.165, 1.54) is 31.2 Å². The van der Waals surface area contributed by atoms with E-state index < -0.39 is 0 Å². The Morgan fingerprint density at radius 3 is 2.58 bits per heavy atom. The number of hydrogen-bond acceptors (Lipinski definition) is 2. The van der Waals surface area contributed by atoms with Crippen LogP contribution in [0.1, 0.15) is 38.2 Å². The number of benzene rings is 1. The summed E-state index contributed by atoms with van der Waals surface area (Å²) in [4.78, 5) is 19.0. The first-order chi connectivity index (χ1) is 12.2. The van der Waals surface area contributed by atoms with Gasteiger partial charge in [-0.15, -0.1) is 24.0 Å². The summed E-state index contributed by atoms with van der Waals surface area (Å²) in [6.07, 6.45) is 6.18. The van der Waals surface area contributed by atoms with Crippen molar-refractivity contribution in [3.63, 3.8) is 0 Å². The fourth-order valence-electron chi connectivity index (χ4n) is 3.82. The van der Waals surface area contributed by atoms with Gasteiger partial charge in [0.25, 0.3) is 0 Å². The molecule has 26 heavy (non-hydrogen) atoms. The molecular formula is C20H31IN4O. The fourth-order valence-corrected chi connectivity index (χ4v) is 3.82. The van der Waals surface area contributed by atoms with Crippen LogP contribution in [0.15, 0.2) is 35.3 Å². The van der Waals surface area contributed by atoms with Gasteiger partial charge in [0.2, 0.25) is 5.91 Å². The number of guanidine groups is 1. The summed E-state index contributed by atoms with van der Waals surface area (Å²) < 4.78 is 0. The SMILES string of the molecule is CCNC(=NCC(=O)NCCc1ccccc1)N1CCC2(CCC2)C1.I. The molecule has 1 aliphatic heterocycles. The van der Waals surface area contributed by atoms with Crippen LogP contribution in [-0.2, 0) is 11.2 Å². The molecule has 2 fully saturated rings. The van der Waals surface area contributed by atoms with Gasteiger partial charge < -0.3 is 15.5 Å². The lowest BCUT2D eigenvalue weighted by Crippen LogP contribution is -2.43. The van der Waals surface area contributed by atoms with E-state index in [1.54, 1.807) is 0 Å². The number of carbonyl (C=O) groups excluding carboxylic acids is 1. The van der Waals surface area contributed by atoms with Crippen molar-refractivity contribution in [1.29, 1.82) is 0 Å². The van der Waals surface area contributed by atoms with Crippen LogP contribution in [0.3, 0.4) is 0 Å². The van der Waals surface area contributed by atoms with Gasteiger partial charge in [-0.1, -0.05) is 36.8 Å². The molecule has 1 saturated carbocycles. The Kier molecular flexibility index (Phi) is 8.18. The number of nitrogens with one attached hydrogen (secondary N) is 2. The summed E-state index contributed by atoms with van der Waals surface area (Å²) in [6, 6.07) is 10.2. The molecule has 6 heteroatoms. The van der Waals surface area contributed by atoms with Crippen LogP contribution in [0, 0.1) is 5.41 Å². The number of rotatable bonds is 6. The third kappa shape index (κ3) is 5.59. The first kappa shape index (κ1) is 21.0. The molecule has 1 saturated heterocycles. The number of nitrogens with zero attached hydrogens (tertiary/aromatic N) is 2. The third-order valence-electron chi connectivity index (χ3n) is 5.44. The van der Waals surface area contributed by atoms with Gasteiger partial charge >= 0.3 is 0 Å². The molecule has 1 spiro atoms. The van der Waals surface area contributed by atoms with E-state index in [-0.39, 0.29) is 36.4 Å². The number of likely N-dealkylation sites (tertiary alicyclic amines) is 1. The van der Waals surface area contributed by atoms with Crippen molar-refractivity contribution in [2.75, 3.05) is 32.7 Å². The first-order valence-corrected chi connectivity index (χ1v) is 9.55. The van der Waals surface area contributed by atoms with E-state index in [0.717, 1.165) is 32.0 Å². The maximum Gasteiger partial charge on any atom is 0.241 e. The lowest BCUT2D eigenvalue weighted by molar-refractivity contribution is -0.119. The molecule has 1 heterocycles. The van der Waals surface area contributed by atoms with Gasteiger partial charge in [-0.3, -0.25) is 4.79 Å². The highest BCUT2D eigenvalue weighted by atomic mass is 127. The molecule has 1 aromatic rings. The van der Waals surface area contributed by atoms with Crippen molar-refractivity contribution in [1.82, 2.24) is 15.5 Å². The Bertz CT molecular complexity index is 601. The number of amides is 1. The monoisotopic (exact) mass is 470 g/mol. The van der Waals surface area contributed by atoms with Gasteiger partial charge in [-0.25, -0.2) is 4.99 Å². The standard InChI is InChI=1S/C20H30N4O.HI/c1-2-21-19(24-14-12-20(16-24)10-6-11-20)23-15-18(25)22-13-9-17-7-4-3-5-8-17;/h3-5,7-8H,2,6,9-16H2,1H3,(H,21,23)(H,22,25);1H. The number of aliphatic imine (C=N–C) groups is 1. The molecule has 0 atom stereocenters. The minimum atomic E-state index is -0.0103. The van der Waals surface area contributed by atoms with E-state index in [2.05, 4.69) is 39.6 Å². The first-order valence-electron chi connectivity index (χ1n) is 9.55. The van der Waals surface area contributed by atoms with Gasteiger partial charge in [-0.2, -0.15) is 0 Å². The van der Waals surface area contributed by atoms with Crippen LogP contribution in [0.2, 0.25) is 0 Å². The van der Waals surface area contributed by atoms with E-state index in [4.69, 9.17) is 0 Å². The average molecular weight is 470 g/mol. The Morgan fingerprint density at radius 1 is 1.19 bits per heavy atom. The van der Waals surface area contributed by atoms with E-state index >= 15 is 0 Å². The quantitative estimate of drug-likeness (QED) is 0.382. The third-order valence-corrected chi connectivity index (χ3v) is 5.44. The van der Waals surface area contributed by atoms with Gasteiger partial charge in [0, 0.05) is 26.2 Å². The van der Waals surface area contributed by atoms with Crippen LogP contribution < -0.4 is 10.6 Å². The highest BCUT2D eigenvalue weighted by molar-refractivity contribution is 14.0. The molecule has 1 amide bonds. The molecule has 0 radical (unpaired) electrons. The minimum Gasteiger partial charge on any atom is -0.357 e. The molecule has 1 aliphatic carbocycles. The highest BCUT2D eigenvalue weighted by Gasteiger charge is 2.43. The Labute approximate surface area is 174 Å².